The smallest absolute Gasteiger partial charge is 0.221 e. The minimum absolute atomic E-state index is 0.0750. The van der Waals surface area contributed by atoms with E-state index in [9.17, 15) is 4.79 Å². The van der Waals surface area contributed by atoms with Gasteiger partial charge in [-0.1, -0.05) is 0 Å². The fraction of sp³-hybridized carbons (Fsp3) is 0.667. The molecule has 0 spiro atoms. The standard InChI is InChI=1S/C12H22N4O/c1-12(2,3)14-11(17)5-7-13-9-10-6-8-16(4)15-10/h6,8,13H,5,7,9H2,1-4H3,(H,14,17). The molecule has 0 unspecified atom stereocenters. The van der Waals surface area contributed by atoms with Crippen LogP contribution in [0.25, 0.3) is 0 Å². The Bertz CT molecular complexity index is 365. The first-order valence-electron chi connectivity index (χ1n) is 5.87. The molecule has 1 heterocycles. The molecule has 17 heavy (non-hydrogen) atoms. The highest BCUT2D eigenvalue weighted by Gasteiger charge is 2.12. The average Bonchev–Trinajstić information content (AvgIpc) is 2.56. The second-order valence-corrected chi connectivity index (χ2v) is 5.21. The van der Waals surface area contributed by atoms with E-state index in [4.69, 9.17) is 0 Å². The van der Waals surface area contributed by atoms with Crippen LogP contribution < -0.4 is 10.6 Å². The van der Waals surface area contributed by atoms with Gasteiger partial charge in [-0.25, -0.2) is 0 Å². The normalized spacial score (nSPS) is 11.5. The van der Waals surface area contributed by atoms with E-state index in [1.807, 2.05) is 40.1 Å². The van der Waals surface area contributed by atoms with Gasteiger partial charge in [-0.05, 0) is 26.8 Å². The van der Waals surface area contributed by atoms with E-state index in [-0.39, 0.29) is 11.4 Å². The number of nitrogens with one attached hydrogen (secondary N) is 2. The molecule has 1 aromatic heterocycles. The lowest BCUT2D eigenvalue weighted by Crippen LogP contribution is -2.41. The largest absolute Gasteiger partial charge is 0.351 e. The summed E-state index contributed by atoms with van der Waals surface area (Å²) in [5.41, 5.74) is 0.835. The summed E-state index contributed by atoms with van der Waals surface area (Å²) >= 11 is 0. The molecule has 1 rings (SSSR count). The first-order valence-corrected chi connectivity index (χ1v) is 5.87. The zero-order valence-corrected chi connectivity index (χ0v) is 11.1. The van der Waals surface area contributed by atoms with Gasteiger partial charge in [0.25, 0.3) is 0 Å². The van der Waals surface area contributed by atoms with E-state index in [0.717, 1.165) is 5.69 Å². The molecule has 0 aliphatic rings. The van der Waals surface area contributed by atoms with Crippen LogP contribution >= 0.6 is 0 Å². The molecule has 0 aliphatic heterocycles. The number of hydrogen-bond donors (Lipinski definition) is 2. The van der Waals surface area contributed by atoms with Crippen molar-refractivity contribution in [3.05, 3.63) is 18.0 Å². The number of aromatic nitrogens is 2. The number of hydrogen-bond acceptors (Lipinski definition) is 3. The number of carbonyl (C=O) groups excluding carboxylic acids is 1. The lowest BCUT2D eigenvalue weighted by atomic mass is 10.1. The van der Waals surface area contributed by atoms with E-state index in [0.29, 0.717) is 19.5 Å². The molecule has 0 aliphatic carbocycles. The Morgan fingerprint density at radius 3 is 2.71 bits per heavy atom. The molecule has 2 N–H and O–H groups in total. The van der Waals surface area contributed by atoms with E-state index >= 15 is 0 Å². The number of amides is 1. The van der Waals surface area contributed by atoms with Gasteiger partial charge in [0.2, 0.25) is 5.91 Å². The fourth-order valence-electron chi connectivity index (χ4n) is 1.46. The molecular formula is C12H22N4O. The van der Waals surface area contributed by atoms with Gasteiger partial charge in [0.05, 0.1) is 5.69 Å². The highest BCUT2D eigenvalue weighted by Crippen LogP contribution is 1.99. The molecule has 0 bridgehead atoms. The van der Waals surface area contributed by atoms with Crippen LogP contribution in [0.1, 0.15) is 32.9 Å². The van der Waals surface area contributed by atoms with Crippen molar-refractivity contribution in [1.82, 2.24) is 20.4 Å². The van der Waals surface area contributed by atoms with Gasteiger partial charge >= 0.3 is 0 Å². The Labute approximate surface area is 103 Å². The predicted molar refractivity (Wildman–Crippen MR) is 67.4 cm³/mol. The van der Waals surface area contributed by atoms with Gasteiger partial charge in [0.15, 0.2) is 0 Å². The molecule has 0 saturated carbocycles. The molecule has 0 saturated heterocycles. The average molecular weight is 238 g/mol. The summed E-state index contributed by atoms with van der Waals surface area (Å²) in [6.07, 6.45) is 2.40. The van der Waals surface area contributed by atoms with E-state index < -0.39 is 0 Å². The Kier molecular flexibility index (Phi) is 4.69. The molecular weight excluding hydrogens is 216 g/mol. The SMILES string of the molecule is Cn1ccc(CNCCC(=O)NC(C)(C)C)n1. The second-order valence-electron chi connectivity index (χ2n) is 5.21. The van der Waals surface area contributed by atoms with Crippen LogP contribution in [0, 0.1) is 0 Å². The maximum atomic E-state index is 11.5. The number of nitrogens with zero attached hydrogens (tertiary/aromatic N) is 2. The van der Waals surface area contributed by atoms with Crippen LogP contribution in [0.15, 0.2) is 12.3 Å². The van der Waals surface area contributed by atoms with Crippen molar-refractivity contribution in [3.63, 3.8) is 0 Å². The highest BCUT2D eigenvalue weighted by molar-refractivity contribution is 5.76. The zero-order chi connectivity index (χ0) is 12.9. The Morgan fingerprint density at radius 2 is 2.18 bits per heavy atom. The molecule has 0 aromatic carbocycles. The molecule has 0 radical (unpaired) electrons. The van der Waals surface area contributed by atoms with Crippen molar-refractivity contribution in [2.45, 2.75) is 39.3 Å². The van der Waals surface area contributed by atoms with Crippen LogP contribution in [0.4, 0.5) is 0 Å². The molecule has 5 heteroatoms. The summed E-state index contributed by atoms with van der Waals surface area (Å²) in [7, 11) is 1.89. The monoisotopic (exact) mass is 238 g/mol. The number of rotatable bonds is 5. The Hall–Kier alpha value is -1.36. The minimum atomic E-state index is -0.155. The van der Waals surface area contributed by atoms with Crippen LogP contribution in [-0.4, -0.2) is 27.8 Å². The second kappa shape index (κ2) is 5.82. The van der Waals surface area contributed by atoms with Crippen molar-refractivity contribution in [2.75, 3.05) is 6.54 Å². The molecule has 96 valence electrons. The third kappa shape index (κ3) is 6.06. The van der Waals surface area contributed by atoms with Crippen molar-refractivity contribution in [1.29, 1.82) is 0 Å². The lowest BCUT2D eigenvalue weighted by molar-refractivity contribution is -0.122. The predicted octanol–water partition coefficient (Wildman–Crippen LogP) is 0.814. The van der Waals surface area contributed by atoms with Gasteiger partial charge in [0.1, 0.15) is 0 Å². The summed E-state index contributed by atoms with van der Waals surface area (Å²) in [6, 6.07) is 1.96. The molecule has 5 nitrogen and oxygen atoms in total. The van der Waals surface area contributed by atoms with Crippen molar-refractivity contribution >= 4 is 5.91 Å². The zero-order valence-electron chi connectivity index (χ0n) is 11.1. The first-order chi connectivity index (χ1) is 7.87. The van der Waals surface area contributed by atoms with E-state index in [1.165, 1.54) is 0 Å². The summed E-state index contributed by atoms with van der Waals surface area (Å²) < 4.78 is 1.77. The summed E-state index contributed by atoms with van der Waals surface area (Å²) in [6.45, 7) is 7.30. The van der Waals surface area contributed by atoms with Gasteiger partial charge in [0, 0.05) is 38.3 Å². The maximum absolute atomic E-state index is 11.5. The van der Waals surface area contributed by atoms with Crippen LogP contribution in [0.3, 0.4) is 0 Å². The lowest BCUT2D eigenvalue weighted by Gasteiger charge is -2.20. The van der Waals surface area contributed by atoms with Crippen molar-refractivity contribution < 1.29 is 4.79 Å². The molecule has 0 fully saturated rings. The minimum Gasteiger partial charge on any atom is -0.351 e. The Morgan fingerprint density at radius 1 is 1.47 bits per heavy atom. The Balaban J connectivity index is 2.14. The van der Waals surface area contributed by atoms with Crippen LogP contribution in [-0.2, 0) is 18.4 Å². The van der Waals surface area contributed by atoms with Gasteiger partial charge in [-0.2, -0.15) is 5.10 Å². The highest BCUT2D eigenvalue weighted by atomic mass is 16.1. The quantitative estimate of drug-likeness (QED) is 0.746. The summed E-state index contributed by atoms with van der Waals surface area (Å²) in [5.74, 6) is 0.0750. The van der Waals surface area contributed by atoms with E-state index in [1.54, 1.807) is 4.68 Å². The molecule has 0 atom stereocenters. The third-order valence-corrected chi connectivity index (χ3v) is 2.12. The van der Waals surface area contributed by atoms with Gasteiger partial charge < -0.3 is 10.6 Å². The van der Waals surface area contributed by atoms with Crippen molar-refractivity contribution in [3.8, 4) is 0 Å². The van der Waals surface area contributed by atoms with Crippen LogP contribution in [0.5, 0.6) is 0 Å². The van der Waals surface area contributed by atoms with Gasteiger partial charge in [-0.15, -0.1) is 0 Å². The number of carbonyl (C=O) groups is 1. The van der Waals surface area contributed by atoms with Gasteiger partial charge in [-0.3, -0.25) is 9.48 Å². The third-order valence-electron chi connectivity index (χ3n) is 2.12. The molecule has 1 amide bonds. The van der Waals surface area contributed by atoms with Crippen LogP contribution in [0.2, 0.25) is 0 Å². The topological polar surface area (TPSA) is 59.0 Å². The maximum Gasteiger partial charge on any atom is 0.221 e. The summed E-state index contributed by atoms with van der Waals surface area (Å²) in [4.78, 5) is 11.5. The number of aryl methyl sites for hydroxylation is 1. The fourth-order valence-corrected chi connectivity index (χ4v) is 1.46. The van der Waals surface area contributed by atoms with E-state index in [2.05, 4.69) is 15.7 Å². The summed E-state index contributed by atoms with van der Waals surface area (Å²) in [5, 5.41) is 10.4. The first kappa shape index (κ1) is 13.7. The molecule has 1 aromatic rings. The van der Waals surface area contributed by atoms with Crippen molar-refractivity contribution in [2.24, 2.45) is 7.05 Å².